The quantitative estimate of drug-likeness (QED) is 0.516. The molecule has 0 saturated carbocycles. The molecule has 2 rings (SSSR count). The van der Waals surface area contributed by atoms with E-state index < -0.39 is 16.7 Å². The second kappa shape index (κ2) is 4.84. The summed E-state index contributed by atoms with van der Waals surface area (Å²) in [7, 11) is 0. The molecule has 0 aliphatic carbocycles. The van der Waals surface area contributed by atoms with E-state index in [4.69, 9.17) is 5.73 Å². The Morgan fingerprint density at radius 2 is 1.75 bits per heavy atom. The van der Waals surface area contributed by atoms with Crippen LogP contribution >= 0.6 is 0 Å². The normalized spacial score (nSPS) is 11.3. The third-order valence-corrected chi connectivity index (χ3v) is 2.77. The molecule has 7 heteroatoms. The van der Waals surface area contributed by atoms with Crippen LogP contribution in [0.1, 0.15) is 5.56 Å². The van der Waals surface area contributed by atoms with Crippen LogP contribution in [0.3, 0.4) is 0 Å². The zero-order valence-corrected chi connectivity index (χ0v) is 10.0. The van der Waals surface area contributed by atoms with E-state index in [0.29, 0.717) is 0 Å². The van der Waals surface area contributed by atoms with Crippen molar-refractivity contribution in [2.45, 2.75) is 6.18 Å². The molecule has 0 radical (unpaired) electrons. The number of nitrogens with two attached hydrogens (primary N) is 1. The molecule has 20 heavy (non-hydrogen) atoms. The Bertz CT molecular complexity index is 669. The molecule has 2 aromatic rings. The number of nitro groups is 1. The number of nitrogen functional groups attached to an aromatic ring is 1. The highest BCUT2D eigenvalue weighted by atomic mass is 19.4. The molecule has 4 nitrogen and oxygen atoms in total. The minimum atomic E-state index is -4.51. The Labute approximate surface area is 111 Å². The lowest BCUT2D eigenvalue weighted by molar-refractivity contribution is -0.383. The molecule has 0 heterocycles. The molecule has 0 amide bonds. The predicted molar refractivity (Wildman–Crippen MR) is 67.9 cm³/mol. The number of anilines is 1. The van der Waals surface area contributed by atoms with Crippen molar-refractivity contribution in [3.8, 4) is 11.1 Å². The standard InChI is InChI=1S/C13H9F3N2O2/c14-13(15,16)10-4-2-1-3-9(10)8-5-6-12(18(19)20)11(17)7-8/h1-7H,17H2. The van der Waals surface area contributed by atoms with Crippen molar-refractivity contribution in [1.29, 1.82) is 0 Å². The van der Waals surface area contributed by atoms with Gasteiger partial charge in [0.2, 0.25) is 0 Å². The Hall–Kier alpha value is -2.57. The van der Waals surface area contributed by atoms with Crippen LogP contribution in [0.4, 0.5) is 24.5 Å². The number of benzene rings is 2. The van der Waals surface area contributed by atoms with Gasteiger partial charge >= 0.3 is 6.18 Å². The van der Waals surface area contributed by atoms with Gasteiger partial charge in [0.15, 0.2) is 0 Å². The summed E-state index contributed by atoms with van der Waals surface area (Å²) in [5.41, 5.74) is 4.29. The summed E-state index contributed by atoms with van der Waals surface area (Å²) in [6.45, 7) is 0. The first kappa shape index (κ1) is 13.9. The first-order chi connectivity index (χ1) is 9.30. The Balaban J connectivity index is 2.59. The zero-order valence-electron chi connectivity index (χ0n) is 10.0. The summed E-state index contributed by atoms with van der Waals surface area (Å²) in [6.07, 6.45) is -4.51. The fourth-order valence-corrected chi connectivity index (χ4v) is 1.87. The number of nitro benzene ring substituents is 1. The van der Waals surface area contributed by atoms with E-state index in [1.54, 1.807) is 0 Å². The number of hydrogen-bond donors (Lipinski definition) is 1. The van der Waals surface area contributed by atoms with Crippen LogP contribution in [0.25, 0.3) is 11.1 Å². The van der Waals surface area contributed by atoms with Crippen molar-refractivity contribution in [3.63, 3.8) is 0 Å². The minimum absolute atomic E-state index is 0.0680. The van der Waals surface area contributed by atoms with E-state index >= 15 is 0 Å². The average Bonchev–Trinajstić information content (AvgIpc) is 2.37. The van der Waals surface area contributed by atoms with Gasteiger partial charge in [-0.1, -0.05) is 18.2 Å². The lowest BCUT2D eigenvalue weighted by atomic mass is 9.98. The van der Waals surface area contributed by atoms with Crippen molar-refractivity contribution < 1.29 is 18.1 Å². The van der Waals surface area contributed by atoms with E-state index in [1.807, 2.05) is 0 Å². The van der Waals surface area contributed by atoms with Crippen LogP contribution in [-0.2, 0) is 6.18 Å². The fraction of sp³-hybridized carbons (Fsp3) is 0.0769. The summed E-state index contributed by atoms with van der Waals surface area (Å²) in [5.74, 6) is 0. The lowest BCUT2D eigenvalue weighted by Crippen LogP contribution is -2.07. The number of rotatable bonds is 2. The number of halogens is 3. The average molecular weight is 282 g/mol. The lowest BCUT2D eigenvalue weighted by Gasteiger charge is -2.13. The maximum atomic E-state index is 12.9. The molecule has 0 bridgehead atoms. The highest BCUT2D eigenvalue weighted by Crippen LogP contribution is 2.38. The van der Waals surface area contributed by atoms with E-state index in [0.717, 1.165) is 12.1 Å². The predicted octanol–water partition coefficient (Wildman–Crippen LogP) is 3.86. The van der Waals surface area contributed by atoms with Gasteiger partial charge in [-0.2, -0.15) is 13.2 Å². The van der Waals surface area contributed by atoms with Crippen LogP contribution in [-0.4, -0.2) is 4.92 Å². The van der Waals surface area contributed by atoms with Crippen LogP contribution in [0.2, 0.25) is 0 Å². The van der Waals surface area contributed by atoms with Crippen LogP contribution < -0.4 is 5.73 Å². The van der Waals surface area contributed by atoms with Crippen molar-refractivity contribution in [3.05, 3.63) is 58.1 Å². The monoisotopic (exact) mass is 282 g/mol. The van der Waals surface area contributed by atoms with Crippen LogP contribution in [0.5, 0.6) is 0 Å². The number of nitrogens with zero attached hydrogens (tertiary/aromatic N) is 1. The molecule has 2 aromatic carbocycles. The summed E-state index contributed by atoms with van der Waals surface area (Å²) in [5, 5.41) is 10.6. The smallest absolute Gasteiger partial charge is 0.393 e. The number of alkyl halides is 3. The number of hydrogen-bond acceptors (Lipinski definition) is 3. The van der Waals surface area contributed by atoms with Crippen molar-refractivity contribution in [1.82, 2.24) is 0 Å². The van der Waals surface area contributed by atoms with Crippen LogP contribution in [0, 0.1) is 10.1 Å². The van der Waals surface area contributed by atoms with Gasteiger partial charge in [0.25, 0.3) is 5.69 Å². The molecule has 0 aromatic heterocycles. The van der Waals surface area contributed by atoms with Gasteiger partial charge in [0.1, 0.15) is 5.69 Å². The molecular formula is C13H9F3N2O2. The summed E-state index contributed by atoms with van der Waals surface area (Å²) in [6, 6.07) is 8.50. The van der Waals surface area contributed by atoms with Gasteiger partial charge < -0.3 is 5.73 Å². The first-order valence-corrected chi connectivity index (χ1v) is 5.51. The zero-order chi connectivity index (χ0) is 14.9. The molecule has 0 spiro atoms. The van der Waals surface area contributed by atoms with Gasteiger partial charge in [-0.3, -0.25) is 10.1 Å². The molecule has 0 atom stereocenters. The van der Waals surface area contributed by atoms with Crippen molar-refractivity contribution in [2.75, 3.05) is 5.73 Å². The van der Waals surface area contributed by atoms with E-state index in [9.17, 15) is 23.3 Å². The molecular weight excluding hydrogens is 273 g/mol. The molecule has 0 fully saturated rings. The van der Waals surface area contributed by atoms with Gasteiger partial charge in [0, 0.05) is 6.07 Å². The maximum absolute atomic E-state index is 12.9. The second-order valence-corrected chi connectivity index (χ2v) is 4.07. The molecule has 0 saturated heterocycles. The van der Waals surface area contributed by atoms with Gasteiger partial charge in [0.05, 0.1) is 10.5 Å². The molecule has 0 unspecified atom stereocenters. The highest BCUT2D eigenvalue weighted by molar-refractivity contribution is 5.75. The summed E-state index contributed by atoms with van der Waals surface area (Å²) < 4.78 is 38.7. The third kappa shape index (κ3) is 2.56. The van der Waals surface area contributed by atoms with Crippen LogP contribution in [0.15, 0.2) is 42.5 Å². The SMILES string of the molecule is Nc1cc(-c2ccccc2C(F)(F)F)ccc1[N+](=O)[O-]. The molecule has 0 aliphatic heterocycles. The highest BCUT2D eigenvalue weighted by Gasteiger charge is 2.33. The Morgan fingerprint density at radius 1 is 1.10 bits per heavy atom. The van der Waals surface area contributed by atoms with Gasteiger partial charge in [-0.15, -0.1) is 0 Å². The van der Waals surface area contributed by atoms with Gasteiger partial charge in [-0.05, 0) is 29.3 Å². The first-order valence-electron chi connectivity index (χ1n) is 5.51. The summed E-state index contributed by atoms with van der Waals surface area (Å²) >= 11 is 0. The third-order valence-electron chi connectivity index (χ3n) is 2.77. The molecule has 2 N–H and O–H groups in total. The van der Waals surface area contributed by atoms with E-state index in [2.05, 4.69) is 0 Å². The molecule has 104 valence electrons. The minimum Gasteiger partial charge on any atom is -0.393 e. The van der Waals surface area contributed by atoms with Gasteiger partial charge in [-0.25, -0.2) is 0 Å². The Kier molecular flexibility index (Phi) is 3.35. The maximum Gasteiger partial charge on any atom is 0.417 e. The van der Waals surface area contributed by atoms with Crippen molar-refractivity contribution in [2.24, 2.45) is 0 Å². The Morgan fingerprint density at radius 3 is 2.30 bits per heavy atom. The van der Waals surface area contributed by atoms with E-state index in [1.165, 1.54) is 30.3 Å². The molecule has 0 aliphatic rings. The largest absolute Gasteiger partial charge is 0.417 e. The fourth-order valence-electron chi connectivity index (χ4n) is 1.87. The van der Waals surface area contributed by atoms with Crippen molar-refractivity contribution >= 4 is 11.4 Å². The second-order valence-electron chi connectivity index (χ2n) is 4.07. The van der Waals surface area contributed by atoms with E-state index in [-0.39, 0.29) is 22.5 Å². The topological polar surface area (TPSA) is 69.2 Å². The summed E-state index contributed by atoms with van der Waals surface area (Å²) in [4.78, 5) is 9.96.